The smallest absolute Gasteiger partial charge is 0.418 e. The van der Waals surface area contributed by atoms with Gasteiger partial charge in [0.2, 0.25) is 0 Å². The van der Waals surface area contributed by atoms with Crippen LogP contribution in [0.2, 0.25) is 10.0 Å². The Morgan fingerprint density at radius 3 is 1.72 bits per heavy atom. The minimum Gasteiger partial charge on any atom is -0.455 e. The van der Waals surface area contributed by atoms with Crippen molar-refractivity contribution in [3.8, 4) is 23.0 Å². The van der Waals surface area contributed by atoms with Crippen LogP contribution in [0.25, 0.3) is 0 Å². The van der Waals surface area contributed by atoms with Crippen molar-refractivity contribution in [3.05, 3.63) is 94.5 Å². The number of benzene rings is 4. The highest BCUT2D eigenvalue weighted by Crippen LogP contribution is 2.42. The number of urea groups is 1. The number of hydrogen-bond acceptors (Lipinski definition) is 15. The van der Waals surface area contributed by atoms with Crippen LogP contribution in [0.4, 0.5) is 32.3 Å². The maximum Gasteiger partial charge on any atom is 0.418 e. The van der Waals surface area contributed by atoms with Gasteiger partial charge in [0, 0.05) is 22.6 Å². The van der Waals surface area contributed by atoms with E-state index in [1.165, 1.54) is 39.2 Å². The second kappa shape index (κ2) is 27.2. The second-order valence-corrected chi connectivity index (χ2v) is 25.1. The molecule has 0 bridgehead atoms. The summed E-state index contributed by atoms with van der Waals surface area (Å²) in [6.45, 7) is 16.8. The number of rotatable bonds is 21. The number of halogens is 2. The summed E-state index contributed by atoms with van der Waals surface area (Å²) in [4.78, 5) is 109. The molecule has 2 heterocycles. The Hall–Kier alpha value is -6.96. The van der Waals surface area contributed by atoms with Gasteiger partial charge in [-0.25, -0.2) is 27.8 Å². The average molecular weight is 1230 g/mol. The molecular formula is C57H69Cl2N7O15S2. The van der Waals surface area contributed by atoms with Crippen molar-refractivity contribution < 1.29 is 69.4 Å². The summed E-state index contributed by atoms with van der Waals surface area (Å²) in [6, 6.07) is 16.5. The number of ether oxygens (including phenoxy) is 3. The molecule has 4 atom stereocenters. The third kappa shape index (κ3) is 16.2. The van der Waals surface area contributed by atoms with E-state index < -0.39 is 104 Å². The summed E-state index contributed by atoms with van der Waals surface area (Å²) < 4.78 is 56.7. The Kier molecular flexibility index (Phi) is 21.3. The maximum atomic E-state index is 13.8. The Balaban J connectivity index is 0.000000267. The van der Waals surface area contributed by atoms with E-state index in [4.69, 9.17) is 41.6 Å². The van der Waals surface area contributed by atoms with Gasteiger partial charge in [-0.1, -0.05) is 102 Å². The molecular weight excluding hydrogens is 1160 g/mol. The minimum absolute atomic E-state index is 0.0381. The van der Waals surface area contributed by atoms with Gasteiger partial charge in [-0.15, -0.1) is 0 Å². The number of carbonyl (C=O) groups excluding carboxylic acids is 8. The van der Waals surface area contributed by atoms with Crippen molar-refractivity contribution >= 4 is 116 Å². The number of carbonyl (C=O) groups is 8. The molecule has 2 saturated heterocycles. The third-order valence-electron chi connectivity index (χ3n) is 13.2. The van der Waals surface area contributed by atoms with Crippen LogP contribution in [-0.2, 0) is 64.4 Å². The highest BCUT2D eigenvalue weighted by molar-refractivity contribution is 7.81. The zero-order valence-electron chi connectivity index (χ0n) is 47.9. The number of aryl methyl sites for hydroxylation is 1. The zero-order chi connectivity index (χ0) is 61.4. The van der Waals surface area contributed by atoms with Crippen LogP contribution < -0.4 is 34.9 Å². The van der Waals surface area contributed by atoms with Gasteiger partial charge in [0.25, 0.3) is 46.2 Å². The molecule has 0 aromatic heterocycles. The molecule has 83 heavy (non-hydrogen) atoms. The third-order valence-corrected chi connectivity index (χ3v) is 15.4. The molecule has 3 aliphatic rings. The topological polar surface area (TPSA) is 283 Å². The summed E-state index contributed by atoms with van der Waals surface area (Å²) in [7, 11) is 1.29. The van der Waals surface area contributed by atoms with E-state index in [1.54, 1.807) is 90.1 Å². The highest BCUT2D eigenvalue weighted by Gasteiger charge is 2.59. The number of Topliss-reactive ketones (excluding diaryl/α,β-unsaturated/α-hetero) is 2. The Labute approximate surface area is 497 Å². The molecule has 1 aliphatic carbocycles. The lowest BCUT2D eigenvalue weighted by molar-refractivity contribution is -0.147. The number of imide groups is 2. The fourth-order valence-corrected chi connectivity index (χ4v) is 10.0. The van der Waals surface area contributed by atoms with E-state index in [1.807, 2.05) is 26.0 Å². The van der Waals surface area contributed by atoms with E-state index in [2.05, 4.69) is 29.6 Å². The summed E-state index contributed by atoms with van der Waals surface area (Å²) >= 11 is 8.91. The molecule has 22 nitrogen and oxygen atoms in total. The Bertz CT molecular complexity index is 3180. The average Bonchev–Trinajstić information content (AvgIpc) is 4.00. The molecule has 7 rings (SSSR count). The monoisotopic (exact) mass is 1230 g/mol. The van der Waals surface area contributed by atoms with Crippen LogP contribution in [0.3, 0.4) is 0 Å². The molecule has 4 unspecified atom stereocenters. The number of hydrogen-bond donors (Lipinski definition) is 5. The van der Waals surface area contributed by atoms with E-state index >= 15 is 0 Å². The van der Waals surface area contributed by atoms with Gasteiger partial charge in [-0.05, 0) is 114 Å². The molecule has 4 aromatic carbocycles. The normalized spacial score (nSPS) is 17.0. The quantitative estimate of drug-likeness (QED) is 0.0295. The molecule has 26 heteroatoms. The minimum atomic E-state index is -1.85. The number of unbranched alkanes of at least 4 members (excludes halogenated alkanes) is 1. The van der Waals surface area contributed by atoms with Crippen LogP contribution in [0.5, 0.6) is 23.0 Å². The summed E-state index contributed by atoms with van der Waals surface area (Å²) in [5.74, 6) is -3.45. The van der Waals surface area contributed by atoms with Crippen LogP contribution in [0.1, 0.15) is 113 Å². The number of nitrogens with one attached hydrogen (secondary N) is 5. The molecule has 5 N–H and O–H groups in total. The van der Waals surface area contributed by atoms with Gasteiger partial charge in [0.1, 0.15) is 17.0 Å². The van der Waals surface area contributed by atoms with E-state index in [-0.39, 0.29) is 32.9 Å². The lowest BCUT2D eigenvalue weighted by Crippen LogP contribution is -2.56. The van der Waals surface area contributed by atoms with Crippen molar-refractivity contribution in [3.63, 3.8) is 0 Å². The van der Waals surface area contributed by atoms with Gasteiger partial charge in [-0.3, -0.25) is 46.6 Å². The Morgan fingerprint density at radius 1 is 0.687 bits per heavy atom. The van der Waals surface area contributed by atoms with Crippen LogP contribution >= 0.6 is 23.2 Å². The predicted octanol–water partition coefficient (Wildman–Crippen LogP) is 10.9. The predicted molar refractivity (Wildman–Crippen MR) is 314 cm³/mol. The fourth-order valence-electron chi connectivity index (χ4n) is 8.65. The summed E-state index contributed by atoms with van der Waals surface area (Å²) in [5.41, 5.74) is -2.82. The van der Waals surface area contributed by atoms with Crippen LogP contribution in [-0.4, -0.2) is 102 Å². The van der Waals surface area contributed by atoms with Gasteiger partial charge in [0.15, 0.2) is 40.8 Å². The first kappa shape index (κ1) is 65.2. The first-order valence-corrected chi connectivity index (χ1v) is 29.4. The largest absolute Gasteiger partial charge is 0.455 e. The van der Waals surface area contributed by atoms with Gasteiger partial charge >= 0.3 is 12.1 Å². The SMILES string of the molecule is CCCCOS(=O)Nc1ccc(Oc2ccc(C)cc2)c(NC(=O)C(C(=O)C(C)(C)C)N2C(=O)NC(C)(C)C2=O)c1.COS(=O)Nc1ccc(Oc2cc(Cl)c(Cl)cc2NC(=O)C(C(=O)C(C)(C)C)N2C(=O)OC3(CCCCC3)C2=O)cc1. The zero-order valence-corrected chi connectivity index (χ0v) is 51.1. The van der Waals surface area contributed by atoms with E-state index in [0.29, 0.717) is 65.0 Å². The lowest BCUT2D eigenvalue weighted by Gasteiger charge is -2.31. The summed E-state index contributed by atoms with van der Waals surface area (Å²) in [6.07, 6.45) is 3.49. The van der Waals surface area contributed by atoms with Gasteiger partial charge < -0.3 is 30.2 Å². The highest BCUT2D eigenvalue weighted by atomic mass is 35.5. The number of nitrogens with zero attached hydrogens (tertiary/aromatic N) is 2. The number of anilines is 4. The van der Waals surface area contributed by atoms with E-state index in [0.717, 1.165) is 24.8 Å². The second-order valence-electron chi connectivity index (χ2n) is 22.4. The van der Waals surface area contributed by atoms with Crippen LogP contribution in [0.15, 0.2) is 78.9 Å². The van der Waals surface area contributed by atoms with E-state index in [9.17, 15) is 46.8 Å². The van der Waals surface area contributed by atoms with Crippen molar-refractivity contribution in [2.75, 3.05) is 33.8 Å². The Morgan fingerprint density at radius 2 is 1.19 bits per heavy atom. The molecule has 1 spiro atoms. The van der Waals surface area contributed by atoms with Crippen LogP contribution in [0, 0.1) is 17.8 Å². The van der Waals surface area contributed by atoms with Crippen molar-refractivity contribution in [1.82, 2.24) is 15.1 Å². The van der Waals surface area contributed by atoms with Crippen molar-refractivity contribution in [2.24, 2.45) is 10.8 Å². The molecule has 3 fully saturated rings. The first-order valence-electron chi connectivity index (χ1n) is 26.5. The molecule has 448 valence electrons. The number of ketones is 2. The van der Waals surface area contributed by atoms with Crippen molar-refractivity contribution in [2.45, 2.75) is 137 Å². The standard InChI is InChI=1S/C29H38N4O7S.C28H31Cl2N3O8S/c1-8-9-16-39-41(38)32-19-12-15-22(40-20-13-10-18(2)11-14-20)21(17-19)30-25(35)23(24(34)28(3,4)5)33-26(36)29(6,7)31-27(33)37;1-27(2,3)23(34)22(33-25(36)28(41-26(33)37)12-6-5-7-13-28)24(35)31-20-14-18(29)19(30)15-21(20)40-17-10-8-16(9-11-17)32-42(38)39-4/h10-15,17,23,32H,8-9,16H2,1-7H3,(H,30,35)(H,31,37);8-11,14-15,22,32H,5-7,12-13H2,1-4H3,(H,31,35). The molecule has 7 amide bonds. The van der Waals surface area contributed by atoms with Crippen molar-refractivity contribution in [1.29, 1.82) is 0 Å². The molecule has 2 aliphatic heterocycles. The van der Waals surface area contributed by atoms with Gasteiger partial charge in [0.05, 0.1) is 40.8 Å². The molecule has 4 aromatic rings. The molecule has 1 saturated carbocycles. The maximum absolute atomic E-state index is 13.8. The fraction of sp³-hybridized carbons (Fsp3) is 0.439. The first-order chi connectivity index (χ1) is 38.9. The molecule has 0 radical (unpaired) electrons. The lowest BCUT2D eigenvalue weighted by atomic mass is 9.82. The summed E-state index contributed by atoms with van der Waals surface area (Å²) in [5, 5.41) is 8.00. The van der Waals surface area contributed by atoms with Gasteiger partial charge in [-0.2, -0.15) is 0 Å². The number of amides is 7.